The Bertz CT molecular complexity index is 328. The normalized spacial score (nSPS) is 12.1. The summed E-state index contributed by atoms with van der Waals surface area (Å²) in [4.78, 5) is 15.3. The molecule has 1 rings (SSSR count). The number of thiazole rings is 1. The molecule has 1 heterocycles. The van der Waals surface area contributed by atoms with Crippen molar-refractivity contribution in [3.8, 4) is 0 Å². The number of carbonyl (C=O) groups excluding carboxylic acids is 1. The highest BCUT2D eigenvalue weighted by Crippen LogP contribution is 2.21. The molecule has 0 spiro atoms. The zero-order valence-electron chi connectivity index (χ0n) is 8.99. The van der Waals surface area contributed by atoms with Crippen molar-refractivity contribution in [3.63, 3.8) is 0 Å². The lowest BCUT2D eigenvalue weighted by Crippen LogP contribution is -3.00. The van der Waals surface area contributed by atoms with E-state index in [-0.39, 0.29) is 24.4 Å². The Balaban J connectivity index is 0.00000196. The molecule has 0 bridgehead atoms. The second-order valence-corrected chi connectivity index (χ2v) is 4.30. The van der Waals surface area contributed by atoms with Gasteiger partial charge in [-0.2, -0.15) is 0 Å². The van der Waals surface area contributed by atoms with Crippen molar-refractivity contribution in [3.05, 3.63) is 16.1 Å². The fourth-order valence-electron chi connectivity index (χ4n) is 0.941. The van der Waals surface area contributed by atoms with Crippen molar-refractivity contribution < 1.29 is 27.7 Å². The SMILES string of the molecule is COC(=O)c1csc([C@H]([NH3+])C(C)C)n1.[Cl-]. The summed E-state index contributed by atoms with van der Waals surface area (Å²) in [5, 5.41) is 2.60. The molecule has 0 aromatic carbocycles. The van der Waals surface area contributed by atoms with Gasteiger partial charge in [-0.15, -0.1) is 11.3 Å². The van der Waals surface area contributed by atoms with Crippen LogP contribution in [0.5, 0.6) is 0 Å². The standard InChI is InChI=1S/C9H14N2O2S.ClH/c1-5(2)7(10)8-11-6(4-14-8)9(12)13-3;/h4-5,7H,10H2,1-3H3;1H/t7-;/m1./s1. The van der Waals surface area contributed by atoms with Crippen LogP contribution in [0.25, 0.3) is 0 Å². The van der Waals surface area contributed by atoms with Crippen molar-refractivity contribution in [2.75, 3.05) is 7.11 Å². The molecule has 0 aliphatic rings. The van der Waals surface area contributed by atoms with Crippen LogP contribution in [0.3, 0.4) is 0 Å². The van der Waals surface area contributed by atoms with Crippen LogP contribution in [0.15, 0.2) is 5.38 Å². The highest BCUT2D eigenvalue weighted by atomic mass is 35.5. The predicted octanol–water partition coefficient (Wildman–Crippen LogP) is -2.13. The lowest BCUT2D eigenvalue weighted by Gasteiger charge is -2.07. The van der Waals surface area contributed by atoms with E-state index >= 15 is 0 Å². The first kappa shape index (κ1) is 14.3. The van der Waals surface area contributed by atoms with Crippen LogP contribution in [0.4, 0.5) is 0 Å². The number of rotatable bonds is 3. The van der Waals surface area contributed by atoms with Gasteiger partial charge in [-0.1, -0.05) is 13.8 Å². The van der Waals surface area contributed by atoms with Crippen molar-refractivity contribution in [2.24, 2.45) is 5.92 Å². The Kier molecular flexibility index (Phi) is 5.79. The summed E-state index contributed by atoms with van der Waals surface area (Å²) in [6.45, 7) is 4.16. The molecule has 0 radical (unpaired) electrons. The molecule has 0 saturated heterocycles. The van der Waals surface area contributed by atoms with Crippen LogP contribution in [0.2, 0.25) is 0 Å². The zero-order valence-corrected chi connectivity index (χ0v) is 10.6. The van der Waals surface area contributed by atoms with Gasteiger partial charge in [0.25, 0.3) is 0 Å². The molecule has 1 aromatic rings. The lowest BCUT2D eigenvalue weighted by molar-refractivity contribution is -0.437. The second kappa shape index (κ2) is 6.05. The summed E-state index contributed by atoms with van der Waals surface area (Å²) < 4.78 is 4.57. The molecule has 3 N–H and O–H groups in total. The van der Waals surface area contributed by atoms with Crippen LogP contribution >= 0.6 is 11.3 Å². The van der Waals surface area contributed by atoms with Crippen molar-refractivity contribution in [2.45, 2.75) is 19.9 Å². The van der Waals surface area contributed by atoms with E-state index in [1.54, 1.807) is 5.38 Å². The van der Waals surface area contributed by atoms with Crippen LogP contribution in [0.1, 0.15) is 35.4 Å². The Morgan fingerprint density at radius 1 is 1.60 bits per heavy atom. The van der Waals surface area contributed by atoms with E-state index < -0.39 is 0 Å². The molecule has 0 aliphatic carbocycles. The number of halogens is 1. The summed E-state index contributed by atoms with van der Waals surface area (Å²) in [5.41, 5.74) is 4.38. The molecule has 0 fully saturated rings. The number of ether oxygens (including phenoxy) is 1. The zero-order chi connectivity index (χ0) is 10.7. The number of methoxy groups -OCH3 is 1. The molecule has 0 unspecified atom stereocenters. The monoisotopic (exact) mass is 250 g/mol. The van der Waals surface area contributed by atoms with E-state index in [9.17, 15) is 4.79 Å². The lowest BCUT2D eigenvalue weighted by atomic mass is 10.1. The van der Waals surface area contributed by atoms with Crippen molar-refractivity contribution in [1.82, 2.24) is 4.98 Å². The van der Waals surface area contributed by atoms with Gasteiger partial charge in [-0.3, -0.25) is 0 Å². The average Bonchev–Trinajstić information content (AvgIpc) is 2.64. The number of carbonyl (C=O) groups is 1. The quantitative estimate of drug-likeness (QED) is 0.624. The molecule has 1 atom stereocenters. The first-order chi connectivity index (χ1) is 6.56. The number of esters is 1. The van der Waals surface area contributed by atoms with Crippen LogP contribution in [0, 0.1) is 5.92 Å². The third-order valence-corrected chi connectivity index (χ3v) is 3.02. The first-order valence-corrected chi connectivity index (χ1v) is 5.31. The molecular weight excluding hydrogens is 236 g/mol. The maximum absolute atomic E-state index is 11.1. The van der Waals surface area contributed by atoms with Gasteiger partial charge in [0.05, 0.1) is 7.11 Å². The van der Waals surface area contributed by atoms with Gasteiger partial charge in [0.15, 0.2) is 10.7 Å². The number of hydrogen-bond acceptors (Lipinski definition) is 4. The smallest absolute Gasteiger partial charge is 0.357 e. The van der Waals surface area contributed by atoms with Gasteiger partial charge >= 0.3 is 5.97 Å². The van der Waals surface area contributed by atoms with Gasteiger partial charge in [-0.25, -0.2) is 9.78 Å². The van der Waals surface area contributed by atoms with Crippen LogP contribution in [-0.4, -0.2) is 18.1 Å². The molecule has 0 aliphatic heterocycles. The van der Waals surface area contributed by atoms with E-state index in [0.29, 0.717) is 11.6 Å². The number of hydrogen-bond donors (Lipinski definition) is 1. The summed E-state index contributed by atoms with van der Waals surface area (Å²) in [6, 6.07) is 0.137. The van der Waals surface area contributed by atoms with E-state index in [1.165, 1.54) is 18.4 Å². The third-order valence-electron chi connectivity index (χ3n) is 2.04. The molecule has 86 valence electrons. The minimum Gasteiger partial charge on any atom is -1.00 e. The Hall–Kier alpha value is -0.650. The maximum Gasteiger partial charge on any atom is 0.357 e. The highest BCUT2D eigenvalue weighted by molar-refractivity contribution is 7.09. The largest absolute Gasteiger partial charge is 1.00 e. The average molecular weight is 251 g/mol. The maximum atomic E-state index is 11.1. The Morgan fingerprint density at radius 2 is 2.20 bits per heavy atom. The second-order valence-electron chi connectivity index (χ2n) is 3.41. The van der Waals surface area contributed by atoms with Gasteiger partial charge < -0.3 is 22.9 Å². The molecule has 0 amide bonds. The topological polar surface area (TPSA) is 66.8 Å². The highest BCUT2D eigenvalue weighted by Gasteiger charge is 2.20. The van der Waals surface area contributed by atoms with E-state index in [0.717, 1.165) is 5.01 Å². The predicted molar refractivity (Wildman–Crippen MR) is 53.9 cm³/mol. The number of nitrogens with zero attached hydrogens (tertiary/aromatic N) is 1. The first-order valence-electron chi connectivity index (χ1n) is 4.43. The summed E-state index contributed by atoms with van der Waals surface area (Å²) in [5.74, 6) is 0.0371. The molecule has 6 heteroatoms. The summed E-state index contributed by atoms with van der Waals surface area (Å²) in [6.07, 6.45) is 0. The molecular formula is C9H15ClN2O2S. The number of quaternary nitrogens is 1. The fourth-order valence-corrected chi connectivity index (χ4v) is 1.92. The molecule has 15 heavy (non-hydrogen) atoms. The van der Waals surface area contributed by atoms with Crippen molar-refractivity contribution in [1.29, 1.82) is 0 Å². The minimum atomic E-state index is -0.386. The fraction of sp³-hybridized carbons (Fsp3) is 0.556. The van der Waals surface area contributed by atoms with Crippen LogP contribution in [-0.2, 0) is 4.74 Å². The van der Waals surface area contributed by atoms with E-state index in [2.05, 4.69) is 29.3 Å². The third kappa shape index (κ3) is 3.44. The van der Waals surface area contributed by atoms with Gasteiger partial charge in [-0.05, 0) is 0 Å². The van der Waals surface area contributed by atoms with E-state index in [1.807, 2.05) is 0 Å². The number of aromatic nitrogens is 1. The summed E-state index contributed by atoms with van der Waals surface area (Å²) >= 11 is 1.46. The van der Waals surface area contributed by atoms with Gasteiger partial charge in [0.1, 0.15) is 6.04 Å². The molecule has 1 aromatic heterocycles. The van der Waals surface area contributed by atoms with Crippen molar-refractivity contribution >= 4 is 17.3 Å². The minimum absolute atomic E-state index is 0. The van der Waals surface area contributed by atoms with Gasteiger partial charge in [0.2, 0.25) is 0 Å². The van der Waals surface area contributed by atoms with Crippen LogP contribution < -0.4 is 18.1 Å². The summed E-state index contributed by atoms with van der Waals surface area (Å²) in [7, 11) is 1.35. The van der Waals surface area contributed by atoms with E-state index in [4.69, 9.17) is 0 Å². The molecule has 0 saturated carbocycles. The van der Waals surface area contributed by atoms with Gasteiger partial charge in [0, 0.05) is 11.3 Å². The molecule has 4 nitrogen and oxygen atoms in total. The Labute approximate surface area is 99.2 Å². The Morgan fingerprint density at radius 3 is 2.67 bits per heavy atom.